The number of carbonyl (C=O) groups is 1. The van der Waals surface area contributed by atoms with E-state index < -0.39 is 42.4 Å². The largest absolute Gasteiger partial charge is 0.444 e. The molecule has 0 bridgehead atoms. The molecule has 1 N–H and O–H groups in total. The number of rotatable bonds is 8. The molecule has 0 heterocycles. The van der Waals surface area contributed by atoms with Gasteiger partial charge in [-0.3, -0.25) is 0 Å². The Morgan fingerprint density at radius 1 is 1.08 bits per heavy atom. The molecule has 0 aliphatic carbocycles. The SMILES string of the molecule is CN(CCOCC(C)(F)C(F)(F)C(F)(F)CO)C(=O)OC(C)(C)C. The number of carbonyl (C=O) groups excluding carboxylic acids is 1. The van der Waals surface area contributed by atoms with Crippen LogP contribution in [-0.2, 0) is 9.47 Å². The van der Waals surface area contributed by atoms with Crippen molar-refractivity contribution in [3.05, 3.63) is 0 Å². The Hall–Kier alpha value is -1.16. The molecule has 0 aromatic heterocycles. The molecule has 0 saturated carbocycles. The van der Waals surface area contributed by atoms with E-state index in [1.54, 1.807) is 20.8 Å². The molecule has 1 amide bonds. The zero-order chi connectivity index (χ0) is 19.4. The van der Waals surface area contributed by atoms with Gasteiger partial charge in [0.1, 0.15) is 12.2 Å². The van der Waals surface area contributed by atoms with Gasteiger partial charge in [-0.15, -0.1) is 0 Å². The average molecular weight is 365 g/mol. The van der Waals surface area contributed by atoms with Gasteiger partial charge in [-0.25, -0.2) is 9.18 Å². The Morgan fingerprint density at radius 3 is 2.00 bits per heavy atom. The van der Waals surface area contributed by atoms with Crippen molar-refractivity contribution in [2.75, 3.05) is 33.4 Å². The zero-order valence-corrected chi connectivity index (χ0v) is 14.3. The Kier molecular flexibility index (Phi) is 7.44. The molecule has 0 rings (SSSR count). The fourth-order valence-corrected chi connectivity index (χ4v) is 1.47. The highest BCUT2D eigenvalue weighted by Crippen LogP contribution is 2.44. The van der Waals surface area contributed by atoms with Gasteiger partial charge in [-0.05, 0) is 27.7 Å². The first-order valence-corrected chi connectivity index (χ1v) is 7.15. The third-order valence-electron chi connectivity index (χ3n) is 2.96. The standard InChI is InChI=1S/C14H24F5NO4/c1-11(2,3)24-10(22)20(5)6-7-23-9-12(4,15)14(18,19)13(16,17)8-21/h21H,6-9H2,1-5H3. The highest BCUT2D eigenvalue weighted by atomic mass is 19.3. The van der Waals surface area contributed by atoms with Crippen LogP contribution in [0.3, 0.4) is 0 Å². The van der Waals surface area contributed by atoms with E-state index in [9.17, 15) is 26.7 Å². The van der Waals surface area contributed by atoms with E-state index in [1.807, 2.05) is 0 Å². The predicted molar refractivity (Wildman–Crippen MR) is 76.2 cm³/mol. The number of nitrogens with zero attached hydrogens (tertiary/aromatic N) is 1. The van der Waals surface area contributed by atoms with Crippen LogP contribution in [0.15, 0.2) is 0 Å². The summed E-state index contributed by atoms with van der Waals surface area (Å²) < 4.78 is 76.3. The van der Waals surface area contributed by atoms with E-state index >= 15 is 0 Å². The molecule has 5 nitrogen and oxygen atoms in total. The molecule has 1 unspecified atom stereocenters. The van der Waals surface area contributed by atoms with E-state index in [-0.39, 0.29) is 20.1 Å². The van der Waals surface area contributed by atoms with E-state index in [0.717, 1.165) is 4.90 Å². The number of aliphatic hydroxyl groups excluding tert-OH is 1. The van der Waals surface area contributed by atoms with Crippen LogP contribution in [0.5, 0.6) is 0 Å². The predicted octanol–water partition coefficient (Wildman–Crippen LogP) is 2.86. The quantitative estimate of drug-likeness (QED) is 0.531. The summed E-state index contributed by atoms with van der Waals surface area (Å²) in [6.07, 6.45) is -0.703. The Labute approximate surface area is 137 Å². The molecule has 144 valence electrons. The fraction of sp³-hybridized carbons (Fsp3) is 0.929. The van der Waals surface area contributed by atoms with Crippen molar-refractivity contribution in [3.63, 3.8) is 0 Å². The van der Waals surface area contributed by atoms with E-state index in [4.69, 9.17) is 9.84 Å². The topological polar surface area (TPSA) is 59.0 Å². The Balaban J connectivity index is 4.48. The first-order valence-electron chi connectivity index (χ1n) is 7.15. The second-order valence-corrected chi connectivity index (χ2v) is 6.59. The molecule has 1 atom stereocenters. The van der Waals surface area contributed by atoms with Crippen molar-refractivity contribution in [1.82, 2.24) is 4.90 Å². The molecule has 10 heteroatoms. The number of likely N-dealkylation sites (N-methyl/N-ethyl adjacent to an activating group) is 1. The van der Waals surface area contributed by atoms with Gasteiger partial charge in [0.15, 0.2) is 0 Å². The molecule has 0 radical (unpaired) electrons. The number of halogens is 5. The molecule has 0 aromatic carbocycles. The number of hydrogen-bond acceptors (Lipinski definition) is 4. The normalized spacial score (nSPS) is 15.8. The maximum Gasteiger partial charge on any atom is 0.410 e. The van der Waals surface area contributed by atoms with Crippen molar-refractivity contribution in [1.29, 1.82) is 0 Å². The van der Waals surface area contributed by atoms with E-state index in [0.29, 0.717) is 0 Å². The van der Waals surface area contributed by atoms with Crippen molar-refractivity contribution in [2.24, 2.45) is 0 Å². The van der Waals surface area contributed by atoms with Gasteiger partial charge in [0.05, 0.1) is 13.2 Å². The van der Waals surface area contributed by atoms with Crippen LogP contribution in [-0.4, -0.2) is 72.6 Å². The molecule has 0 aliphatic heterocycles. The van der Waals surface area contributed by atoms with E-state index in [1.165, 1.54) is 7.05 Å². The average Bonchev–Trinajstić information content (AvgIpc) is 2.40. The maximum atomic E-state index is 13.9. The highest BCUT2D eigenvalue weighted by molar-refractivity contribution is 5.67. The highest BCUT2D eigenvalue weighted by Gasteiger charge is 2.67. The van der Waals surface area contributed by atoms with Crippen LogP contribution in [0.2, 0.25) is 0 Å². The smallest absolute Gasteiger partial charge is 0.410 e. The maximum absolute atomic E-state index is 13.9. The van der Waals surface area contributed by atoms with Gasteiger partial charge in [-0.1, -0.05) is 0 Å². The summed E-state index contributed by atoms with van der Waals surface area (Å²) in [7, 11) is 1.35. The monoisotopic (exact) mass is 365 g/mol. The molecule has 0 fully saturated rings. The molecular weight excluding hydrogens is 341 g/mol. The summed E-state index contributed by atoms with van der Waals surface area (Å²) >= 11 is 0. The minimum Gasteiger partial charge on any atom is -0.444 e. The van der Waals surface area contributed by atoms with Crippen molar-refractivity contribution in [2.45, 2.75) is 50.8 Å². The number of hydrogen-bond donors (Lipinski definition) is 1. The fourth-order valence-electron chi connectivity index (χ4n) is 1.47. The second-order valence-electron chi connectivity index (χ2n) is 6.59. The van der Waals surface area contributed by atoms with Crippen molar-refractivity contribution in [3.8, 4) is 0 Å². The van der Waals surface area contributed by atoms with Gasteiger partial charge in [0.2, 0.25) is 5.67 Å². The van der Waals surface area contributed by atoms with Crippen LogP contribution in [0.1, 0.15) is 27.7 Å². The first-order chi connectivity index (χ1) is 10.6. The molecule has 0 spiro atoms. The molecule has 0 aromatic rings. The van der Waals surface area contributed by atoms with E-state index in [2.05, 4.69) is 4.74 Å². The first kappa shape index (κ1) is 22.8. The van der Waals surface area contributed by atoms with Gasteiger partial charge in [-0.2, -0.15) is 17.6 Å². The number of amides is 1. The number of aliphatic hydroxyl groups is 1. The second kappa shape index (κ2) is 7.81. The Morgan fingerprint density at radius 2 is 1.58 bits per heavy atom. The van der Waals surface area contributed by atoms with Gasteiger partial charge in [0.25, 0.3) is 0 Å². The van der Waals surface area contributed by atoms with Gasteiger partial charge in [0, 0.05) is 13.6 Å². The van der Waals surface area contributed by atoms with Crippen LogP contribution >= 0.6 is 0 Å². The summed E-state index contributed by atoms with van der Waals surface area (Å²) in [5.41, 5.74) is -4.44. The van der Waals surface area contributed by atoms with Crippen LogP contribution in [0.25, 0.3) is 0 Å². The third-order valence-corrected chi connectivity index (χ3v) is 2.96. The number of alkyl halides is 5. The minimum atomic E-state index is -5.12. The number of ether oxygens (including phenoxy) is 2. The lowest BCUT2D eigenvalue weighted by Gasteiger charge is -2.34. The lowest BCUT2D eigenvalue weighted by Crippen LogP contribution is -2.58. The minimum absolute atomic E-state index is 0.118. The molecule has 0 aliphatic rings. The van der Waals surface area contributed by atoms with Crippen LogP contribution in [0.4, 0.5) is 26.7 Å². The van der Waals surface area contributed by atoms with Crippen LogP contribution < -0.4 is 0 Å². The third kappa shape index (κ3) is 6.04. The van der Waals surface area contributed by atoms with Crippen molar-refractivity contribution >= 4 is 6.09 Å². The van der Waals surface area contributed by atoms with Gasteiger partial charge >= 0.3 is 17.9 Å². The lowest BCUT2D eigenvalue weighted by atomic mass is 9.95. The lowest BCUT2D eigenvalue weighted by molar-refractivity contribution is -0.286. The molecule has 0 saturated heterocycles. The summed E-state index contributed by atoms with van der Waals surface area (Å²) in [5.74, 6) is -10.0. The summed E-state index contributed by atoms with van der Waals surface area (Å²) in [4.78, 5) is 12.7. The van der Waals surface area contributed by atoms with Crippen molar-refractivity contribution < 1.29 is 41.3 Å². The molecular formula is C14H24F5NO4. The Bertz CT molecular complexity index is 424. The van der Waals surface area contributed by atoms with Crippen LogP contribution in [0, 0.1) is 0 Å². The summed E-state index contributed by atoms with van der Waals surface area (Å²) in [6, 6.07) is 0. The zero-order valence-electron chi connectivity index (χ0n) is 14.3. The molecule has 24 heavy (non-hydrogen) atoms. The summed E-state index contributed by atoms with van der Waals surface area (Å²) in [5, 5.41) is 8.30. The van der Waals surface area contributed by atoms with Gasteiger partial charge < -0.3 is 19.5 Å². The summed E-state index contributed by atoms with van der Waals surface area (Å²) in [6.45, 7) is 1.18.